The molecular weight excluding hydrogens is 395 g/mol. The highest BCUT2D eigenvalue weighted by Crippen LogP contribution is 2.40. The second kappa shape index (κ2) is 6.73. The van der Waals surface area contributed by atoms with E-state index in [1.54, 1.807) is 18.6 Å². The summed E-state index contributed by atoms with van der Waals surface area (Å²) >= 11 is 0. The van der Waals surface area contributed by atoms with Gasteiger partial charge in [-0.3, -0.25) is 4.40 Å². The van der Waals surface area contributed by atoms with E-state index in [-0.39, 0.29) is 14.7 Å². The number of rotatable bonds is 5. The third kappa shape index (κ3) is 3.72. The van der Waals surface area contributed by atoms with Crippen molar-refractivity contribution in [3.05, 3.63) is 30.4 Å². The maximum atomic E-state index is 12.3. The van der Waals surface area contributed by atoms with Crippen LogP contribution in [0.2, 0.25) is 0 Å². The fraction of sp³-hybridized carbons (Fsp3) is 0.529. The Morgan fingerprint density at radius 1 is 1.32 bits per heavy atom. The molecule has 0 amide bonds. The van der Waals surface area contributed by atoms with Gasteiger partial charge in [0, 0.05) is 32.9 Å². The lowest BCUT2D eigenvalue weighted by molar-refractivity contribution is -0.130. The van der Waals surface area contributed by atoms with Gasteiger partial charge in [-0.25, -0.2) is 23.1 Å². The molecule has 0 aliphatic heterocycles. The molecule has 7 nitrogen and oxygen atoms in total. The van der Waals surface area contributed by atoms with Crippen LogP contribution in [0.1, 0.15) is 40.7 Å². The van der Waals surface area contributed by atoms with Gasteiger partial charge in [-0.1, -0.05) is 6.92 Å². The summed E-state index contributed by atoms with van der Waals surface area (Å²) < 4.78 is 65.6. The predicted molar refractivity (Wildman–Crippen MR) is 102 cm³/mol. The molecule has 2 N–H and O–H groups in total. The van der Waals surface area contributed by atoms with Crippen LogP contribution in [0.3, 0.4) is 0 Å². The number of alkyl halides is 3. The van der Waals surface area contributed by atoms with E-state index in [2.05, 4.69) is 19.7 Å². The van der Waals surface area contributed by atoms with Crippen molar-refractivity contribution in [2.24, 2.45) is 5.92 Å². The topological polar surface area (TPSA) is 92.2 Å². The van der Waals surface area contributed by atoms with Crippen molar-refractivity contribution >= 4 is 26.8 Å². The maximum Gasteiger partial charge on any atom is 0.390 e. The van der Waals surface area contributed by atoms with Crippen LogP contribution < -0.4 is 4.72 Å². The monoisotopic (exact) mass is 419 g/mol. The Morgan fingerprint density at radius 2 is 2.11 bits per heavy atom. The van der Waals surface area contributed by atoms with Gasteiger partial charge >= 0.3 is 6.18 Å². The molecule has 28 heavy (non-hydrogen) atoms. The fourth-order valence-corrected chi connectivity index (χ4v) is 5.39. The van der Waals surface area contributed by atoms with Crippen molar-refractivity contribution in [3.8, 4) is 0 Å². The van der Waals surface area contributed by atoms with Crippen molar-refractivity contribution in [2.75, 3.05) is 5.75 Å². The number of halogens is 3. The summed E-state index contributed by atoms with van der Waals surface area (Å²) in [6.07, 6.45) is 0.451. The number of sulfonamides is 1. The number of hydrogen-bond donors (Lipinski definition) is 2. The molecule has 0 aromatic carbocycles. The number of H-pyrrole nitrogens is 1. The van der Waals surface area contributed by atoms with Gasteiger partial charge in [0.1, 0.15) is 0 Å². The summed E-state index contributed by atoms with van der Waals surface area (Å²) in [5, 5.41) is 0. The van der Waals surface area contributed by atoms with Crippen LogP contribution in [0, 0.1) is 5.92 Å². The van der Waals surface area contributed by atoms with Gasteiger partial charge in [0.05, 0.1) is 23.9 Å². The Labute approximate surface area is 162 Å². The third-order valence-corrected chi connectivity index (χ3v) is 6.77. The van der Waals surface area contributed by atoms with E-state index in [0.29, 0.717) is 18.5 Å². The number of fused-ring (bicyclic) bond motifs is 3. The maximum absolute atomic E-state index is 12.3. The molecule has 3 heterocycles. The molecule has 0 spiro atoms. The first-order chi connectivity index (χ1) is 13.1. The van der Waals surface area contributed by atoms with Gasteiger partial charge in [0.2, 0.25) is 10.0 Å². The van der Waals surface area contributed by atoms with E-state index < -0.39 is 34.4 Å². The molecular formula is C17H24F3N5O2S. The summed E-state index contributed by atoms with van der Waals surface area (Å²) in [4.78, 5) is 11.8. The minimum Gasteiger partial charge on any atom is -0.345 e. The quantitative estimate of drug-likeness (QED) is 0.663. The Balaban J connectivity index is 0.00000160. The SMILES string of the molecule is C[C@@H]1C[C@H](NS(=O)(=O)CCC(F)(F)F)C[C@@H]1c1cnc2cnc3[nH]ccc3n12.[HH].[HH]. The summed E-state index contributed by atoms with van der Waals surface area (Å²) in [6, 6.07) is 1.50. The summed E-state index contributed by atoms with van der Waals surface area (Å²) in [7, 11) is -3.99. The van der Waals surface area contributed by atoms with E-state index in [1.165, 1.54) is 0 Å². The minimum atomic E-state index is -4.49. The molecule has 0 radical (unpaired) electrons. The molecule has 1 saturated carbocycles. The van der Waals surface area contributed by atoms with Crippen LogP contribution in [0.15, 0.2) is 24.7 Å². The smallest absolute Gasteiger partial charge is 0.345 e. The van der Waals surface area contributed by atoms with Crippen molar-refractivity contribution < 1.29 is 24.4 Å². The number of hydrogen-bond acceptors (Lipinski definition) is 4. The zero-order chi connectivity index (χ0) is 20.1. The lowest BCUT2D eigenvalue weighted by atomic mass is 9.95. The second-order valence-electron chi connectivity index (χ2n) is 7.40. The fourth-order valence-electron chi connectivity index (χ4n) is 4.07. The van der Waals surface area contributed by atoms with Gasteiger partial charge in [0.15, 0.2) is 11.3 Å². The van der Waals surface area contributed by atoms with Crippen LogP contribution in [0.5, 0.6) is 0 Å². The Hall–Kier alpha value is -2.14. The number of aromatic nitrogens is 4. The van der Waals surface area contributed by atoms with Crippen molar-refractivity contribution in [2.45, 2.75) is 44.3 Å². The highest BCUT2D eigenvalue weighted by molar-refractivity contribution is 7.89. The number of aromatic amines is 1. The summed E-state index contributed by atoms with van der Waals surface area (Å²) in [6.45, 7) is 2.02. The molecule has 0 bridgehead atoms. The molecule has 0 unspecified atom stereocenters. The molecule has 3 atom stereocenters. The first kappa shape index (κ1) is 19.2. The van der Waals surface area contributed by atoms with E-state index >= 15 is 0 Å². The second-order valence-corrected chi connectivity index (χ2v) is 9.27. The molecule has 3 aromatic rings. The Morgan fingerprint density at radius 3 is 2.86 bits per heavy atom. The van der Waals surface area contributed by atoms with Gasteiger partial charge in [0.25, 0.3) is 0 Å². The van der Waals surface area contributed by atoms with Crippen molar-refractivity contribution in [1.82, 2.24) is 24.1 Å². The van der Waals surface area contributed by atoms with Gasteiger partial charge in [-0.2, -0.15) is 13.2 Å². The van der Waals surface area contributed by atoms with Crippen molar-refractivity contribution in [3.63, 3.8) is 0 Å². The van der Waals surface area contributed by atoms with Gasteiger partial charge < -0.3 is 4.98 Å². The zero-order valence-electron chi connectivity index (χ0n) is 15.1. The molecule has 11 heteroatoms. The van der Waals surface area contributed by atoms with E-state index in [0.717, 1.165) is 16.9 Å². The molecule has 0 saturated heterocycles. The Kier molecular flexibility index (Phi) is 4.61. The number of nitrogens with one attached hydrogen (secondary N) is 2. The van der Waals surface area contributed by atoms with Crippen LogP contribution in [0.25, 0.3) is 16.8 Å². The number of imidazole rings is 1. The van der Waals surface area contributed by atoms with Gasteiger partial charge in [-0.05, 0) is 24.8 Å². The molecule has 3 aromatic heterocycles. The lowest BCUT2D eigenvalue weighted by Crippen LogP contribution is -2.36. The highest BCUT2D eigenvalue weighted by Gasteiger charge is 2.37. The molecule has 4 rings (SSSR count). The minimum absolute atomic E-state index is 0. The average molecular weight is 419 g/mol. The van der Waals surface area contributed by atoms with Crippen LogP contribution in [-0.2, 0) is 10.0 Å². The molecule has 1 fully saturated rings. The normalized spacial score (nSPS) is 23.8. The Bertz CT molecular complexity index is 1120. The predicted octanol–water partition coefficient (Wildman–Crippen LogP) is 3.46. The third-order valence-electron chi connectivity index (χ3n) is 5.33. The molecule has 1 aliphatic rings. The molecule has 1 aliphatic carbocycles. The first-order valence-electron chi connectivity index (χ1n) is 8.99. The number of nitrogens with zero attached hydrogens (tertiary/aromatic N) is 3. The van der Waals surface area contributed by atoms with E-state index in [9.17, 15) is 21.6 Å². The first-order valence-corrected chi connectivity index (χ1v) is 10.6. The zero-order valence-corrected chi connectivity index (χ0v) is 15.9. The average Bonchev–Trinajstić information content (AvgIpc) is 3.29. The standard InChI is InChI=1S/C17H20F3N5O2S.2H2/c1-10-6-11(24-28(26,27)5-3-17(18,19)20)7-12(10)14-8-22-15-9-23-16-13(25(14)15)2-4-21-16;;/h2,4,8-12,21,24H,3,5-7H2,1H3;2*1H/t10-,11+,12+;;/m1../s1. The van der Waals surface area contributed by atoms with Crippen LogP contribution in [-0.4, -0.2) is 45.7 Å². The largest absolute Gasteiger partial charge is 0.390 e. The summed E-state index contributed by atoms with van der Waals surface area (Å²) in [5.41, 5.74) is 3.25. The lowest BCUT2D eigenvalue weighted by Gasteiger charge is -2.15. The van der Waals surface area contributed by atoms with E-state index in [4.69, 9.17) is 0 Å². The van der Waals surface area contributed by atoms with Crippen LogP contribution in [0.4, 0.5) is 13.2 Å². The van der Waals surface area contributed by atoms with Crippen molar-refractivity contribution in [1.29, 1.82) is 0 Å². The van der Waals surface area contributed by atoms with Gasteiger partial charge in [-0.15, -0.1) is 0 Å². The van der Waals surface area contributed by atoms with E-state index in [1.807, 2.05) is 17.4 Å². The van der Waals surface area contributed by atoms with Crippen LogP contribution >= 0.6 is 0 Å². The highest BCUT2D eigenvalue weighted by atomic mass is 32.2. The summed E-state index contributed by atoms with van der Waals surface area (Å²) in [5.74, 6) is -0.764. The molecule has 156 valence electrons.